The Hall–Kier alpha value is -1.11. The molecule has 1 saturated carbocycles. The van der Waals surface area contributed by atoms with Crippen LogP contribution in [-0.4, -0.2) is 42.9 Å². The third kappa shape index (κ3) is 3.75. The van der Waals surface area contributed by atoms with Crippen molar-refractivity contribution in [1.29, 1.82) is 0 Å². The number of aliphatic carboxylic acids is 1. The first-order chi connectivity index (χ1) is 9.73. The maximum atomic E-state index is 12.1. The van der Waals surface area contributed by atoms with Crippen molar-refractivity contribution in [3.8, 4) is 0 Å². The first-order valence-corrected chi connectivity index (χ1v) is 9.28. The lowest BCUT2D eigenvalue weighted by atomic mass is 9.71. The van der Waals surface area contributed by atoms with Crippen LogP contribution in [0.15, 0.2) is 0 Å². The van der Waals surface area contributed by atoms with Crippen LogP contribution in [0.3, 0.4) is 0 Å². The van der Waals surface area contributed by atoms with Gasteiger partial charge in [-0.25, -0.2) is 8.42 Å². The molecule has 120 valence electrons. The average molecular weight is 317 g/mol. The number of carbonyl (C=O) groups is 2. The van der Waals surface area contributed by atoms with E-state index in [0.29, 0.717) is 19.3 Å². The van der Waals surface area contributed by atoms with Gasteiger partial charge in [-0.3, -0.25) is 9.59 Å². The van der Waals surface area contributed by atoms with Crippen LogP contribution in [0.2, 0.25) is 0 Å². The molecule has 0 spiro atoms. The fraction of sp³-hybridized carbons (Fsp3) is 0.857. The van der Waals surface area contributed by atoms with Gasteiger partial charge in [0.05, 0.1) is 16.9 Å². The summed E-state index contributed by atoms with van der Waals surface area (Å²) in [6, 6.07) is -0.366. The molecule has 0 aromatic heterocycles. The molecule has 0 bridgehead atoms. The summed E-state index contributed by atoms with van der Waals surface area (Å²) in [6.45, 7) is 1.68. The number of hydrogen-bond acceptors (Lipinski definition) is 4. The van der Waals surface area contributed by atoms with Crippen molar-refractivity contribution in [2.75, 3.05) is 11.5 Å². The highest BCUT2D eigenvalue weighted by Gasteiger charge is 2.44. The summed E-state index contributed by atoms with van der Waals surface area (Å²) >= 11 is 0. The normalized spacial score (nSPS) is 35.3. The van der Waals surface area contributed by atoms with Gasteiger partial charge in [0, 0.05) is 12.5 Å². The molecule has 2 N–H and O–H groups in total. The average Bonchev–Trinajstić information content (AvgIpc) is 2.71. The summed E-state index contributed by atoms with van der Waals surface area (Å²) < 4.78 is 22.8. The summed E-state index contributed by atoms with van der Waals surface area (Å²) in [5.41, 5.74) is -0.921. The molecule has 0 aromatic carbocycles. The molecule has 1 aliphatic heterocycles. The number of carboxylic acid groups (broad SMARTS) is 1. The molecule has 21 heavy (non-hydrogen) atoms. The second-order valence-electron chi connectivity index (χ2n) is 6.56. The van der Waals surface area contributed by atoms with Gasteiger partial charge in [-0.15, -0.1) is 0 Å². The van der Waals surface area contributed by atoms with Crippen molar-refractivity contribution in [2.45, 2.75) is 51.5 Å². The van der Waals surface area contributed by atoms with E-state index < -0.39 is 21.2 Å². The van der Waals surface area contributed by atoms with Gasteiger partial charge in [0.25, 0.3) is 0 Å². The van der Waals surface area contributed by atoms with E-state index in [2.05, 4.69) is 5.32 Å². The zero-order valence-corrected chi connectivity index (χ0v) is 13.1. The fourth-order valence-electron chi connectivity index (χ4n) is 3.37. The van der Waals surface area contributed by atoms with E-state index in [4.69, 9.17) is 0 Å². The molecule has 0 radical (unpaired) electrons. The van der Waals surface area contributed by atoms with Crippen LogP contribution >= 0.6 is 0 Å². The van der Waals surface area contributed by atoms with Crippen LogP contribution in [0, 0.1) is 11.3 Å². The minimum atomic E-state index is -2.98. The maximum absolute atomic E-state index is 12.1. The number of sulfone groups is 1. The van der Waals surface area contributed by atoms with Crippen LogP contribution in [0.4, 0.5) is 0 Å². The molecule has 7 heteroatoms. The highest BCUT2D eigenvalue weighted by molar-refractivity contribution is 7.91. The lowest BCUT2D eigenvalue weighted by Crippen LogP contribution is -2.52. The summed E-state index contributed by atoms with van der Waals surface area (Å²) in [7, 11) is -2.98. The molecule has 1 saturated heterocycles. The van der Waals surface area contributed by atoms with Gasteiger partial charge in [-0.1, -0.05) is 12.8 Å². The van der Waals surface area contributed by atoms with E-state index in [9.17, 15) is 23.1 Å². The number of nitrogens with one attached hydrogen (secondary N) is 1. The van der Waals surface area contributed by atoms with Gasteiger partial charge in [-0.2, -0.15) is 0 Å². The lowest BCUT2D eigenvalue weighted by Gasteiger charge is -2.38. The molecular formula is C14H23NO5S. The Morgan fingerprint density at radius 2 is 2.00 bits per heavy atom. The van der Waals surface area contributed by atoms with Crippen LogP contribution in [0.1, 0.15) is 45.4 Å². The van der Waals surface area contributed by atoms with Crippen LogP contribution < -0.4 is 5.32 Å². The van der Waals surface area contributed by atoms with E-state index in [0.717, 1.165) is 12.8 Å². The van der Waals surface area contributed by atoms with Gasteiger partial charge >= 0.3 is 5.97 Å². The van der Waals surface area contributed by atoms with Crippen molar-refractivity contribution in [3.05, 3.63) is 0 Å². The first kappa shape index (κ1) is 16.3. The number of rotatable bonds is 4. The van der Waals surface area contributed by atoms with Crippen molar-refractivity contribution in [2.24, 2.45) is 11.3 Å². The van der Waals surface area contributed by atoms with Gasteiger partial charge in [0.15, 0.2) is 9.84 Å². The third-order valence-corrected chi connectivity index (χ3v) is 6.67. The Labute approximate surface area is 125 Å². The summed E-state index contributed by atoms with van der Waals surface area (Å²) in [4.78, 5) is 23.6. The van der Waals surface area contributed by atoms with Crippen molar-refractivity contribution in [3.63, 3.8) is 0 Å². The SMILES string of the molecule is CC1(C(=O)O)CCCCC1NC(=O)CC1CCS(=O)(=O)C1. The minimum Gasteiger partial charge on any atom is -0.481 e. The summed E-state index contributed by atoms with van der Waals surface area (Å²) in [5, 5.41) is 12.2. The Balaban J connectivity index is 1.93. The van der Waals surface area contributed by atoms with Crippen LogP contribution in [0.5, 0.6) is 0 Å². The Morgan fingerprint density at radius 3 is 2.57 bits per heavy atom. The lowest BCUT2D eigenvalue weighted by molar-refractivity contribution is -0.152. The van der Waals surface area contributed by atoms with E-state index in [1.807, 2.05) is 0 Å². The summed E-state index contributed by atoms with van der Waals surface area (Å²) in [5.74, 6) is -1.01. The molecule has 1 aliphatic carbocycles. The molecule has 1 amide bonds. The smallest absolute Gasteiger partial charge is 0.311 e. The highest BCUT2D eigenvalue weighted by Crippen LogP contribution is 2.36. The molecule has 3 atom stereocenters. The van der Waals surface area contributed by atoms with Crippen molar-refractivity contribution >= 4 is 21.7 Å². The molecule has 0 aromatic rings. The minimum absolute atomic E-state index is 0.0707. The molecule has 1 heterocycles. The second-order valence-corrected chi connectivity index (χ2v) is 8.79. The predicted octanol–water partition coefficient (Wildman–Crippen LogP) is 0.961. The second kappa shape index (κ2) is 5.94. The summed E-state index contributed by atoms with van der Waals surface area (Å²) in [6.07, 6.45) is 3.69. The quantitative estimate of drug-likeness (QED) is 0.804. The Kier molecular flexibility index (Phi) is 4.60. The van der Waals surface area contributed by atoms with Crippen LogP contribution in [0.25, 0.3) is 0 Å². The largest absolute Gasteiger partial charge is 0.481 e. The van der Waals surface area contributed by atoms with Crippen molar-refractivity contribution < 1.29 is 23.1 Å². The Morgan fingerprint density at radius 1 is 1.29 bits per heavy atom. The standard InChI is InChI=1S/C14H23NO5S/c1-14(13(17)18)6-3-2-4-11(14)15-12(16)8-10-5-7-21(19,20)9-10/h10-11H,2-9H2,1H3,(H,15,16)(H,17,18). The molecule has 6 nitrogen and oxygen atoms in total. The fourth-order valence-corrected chi connectivity index (χ4v) is 5.23. The predicted molar refractivity (Wildman–Crippen MR) is 77.5 cm³/mol. The van der Waals surface area contributed by atoms with Gasteiger partial charge in [0.2, 0.25) is 5.91 Å². The van der Waals surface area contributed by atoms with Gasteiger partial charge in [-0.05, 0) is 32.1 Å². The number of carboxylic acids is 1. The van der Waals surface area contributed by atoms with E-state index >= 15 is 0 Å². The van der Waals surface area contributed by atoms with E-state index in [1.165, 1.54) is 0 Å². The van der Waals surface area contributed by atoms with Crippen LogP contribution in [-0.2, 0) is 19.4 Å². The highest BCUT2D eigenvalue weighted by atomic mass is 32.2. The topological polar surface area (TPSA) is 101 Å². The number of hydrogen-bond donors (Lipinski definition) is 2. The number of amides is 1. The molecule has 2 aliphatic rings. The zero-order chi connectivity index (χ0) is 15.7. The van der Waals surface area contributed by atoms with E-state index in [-0.39, 0.29) is 35.8 Å². The third-order valence-electron chi connectivity index (χ3n) is 4.83. The molecule has 2 rings (SSSR count). The molecular weight excluding hydrogens is 294 g/mol. The molecule has 2 fully saturated rings. The zero-order valence-electron chi connectivity index (χ0n) is 12.3. The number of carbonyl (C=O) groups excluding carboxylic acids is 1. The maximum Gasteiger partial charge on any atom is 0.311 e. The monoisotopic (exact) mass is 317 g/mol. The molecule has 3 unspecified atom stereocenters. The first-order valence-electron chi connectivity index (χ1n) is 7.46. The Bertz CT molecular complexity index is 529. The van der Waals surface area contributed by atoms with Crippen molar-refractivity contribution in [1.82, 2.24) is 5.32 Å². The van der Waals surface area contributed by atoms with Gasteiger partial charge in [0.1, 0.15) is 0 Å². The van der Waals surface area contributed by atoms with Gasteiger partial charge < -0.3 is 10.4 Å². The van der Waals surface area contributed by atoms with E-state index in [1.54, 1.807) is 6.92 Å².